The van der Waals surface area contributed by atoms with Gasteiger partial charge in [-0.05, 0) is 42.8 Å². The molecule has 0 fully saturated rings. The van der Waals surface area contributed by atoms with Gasteiger partial charge in [0.15, 0.2) is 0 Å². The summed E-state index contributed by atoms with van der Waals surface area (Å²) in [5, 5.41) is 2.80. The highest BCUT2D eigenvalue weighted by atomic mass is 32.2. The number of nitrogens with one attached hydrogen (secondary N) is 2. The predicted octanol–water partition coefficient (Wildman–Crippen LogP) is 2.37. The van der Waals surface area contributed by atoms with Crippen molar-refractivity contribution in [3.63, 3.8) is 0 Å². The Kier molecular flexibility index (Phi) is 3.89. The number of aryl methyl sites for hydroxylation is 1. The maximum Gasteiger partial charge on any atom is 0.263 e. The molecule has 0 saturated carbocycles. The van der Waals surface area contributed by atoms with Crippen molar-refractivity contribution in [3.8, 4) is 0 Å². The summed E-state index contributed by atoms with van der Waals surface area (Å²) in [5.41, 5.74) is 0.676. The summed E-state index contributed by atoms with van der Waals surface area (Å²) in [7, 11) is -2.04. The Balaban J connectivity index is 2.27. The summed E-state index contributed by atoms with van der Waals surface area (Å²) in [6.45, 7) is 1.57. The van der Waals surface area contributed by atoms with Crippen LogP contribution < -0.4 is 10.0 Å². The molecule has 5 nitrogen and oxygen atoms in total. The van der Waals surface area contributed by atoms with Gasteiger partial charge in [0.25, 0.3) is 10.0 Å². The summed E-state index contributed by atoms with van der Waals surface area (Å²) in [6, 6.07) is 7.02. The van der Waals surface area contributed by atoms with E-state index in [0.29, 0.717) is 17.1 Å². The lowest BCUT2D eigenvalue weighted by molar-refractivity contribution is 0.600. The van der Waals surface area contributed by atoms with Gasteiger partial charge in [-0.15, -0.1) is 0 Å². The number of pyridine rings is 1. The fourth-order valence-corrected chi connectivity index (χ4v) is 2.60. The standard InChI is InChI=1S/C13H14FN3O2S/c1-9-7-10(3-5-12(9)14)17-20(18,19)11-4-6-13(15-2)16-8-11/h3-8,17H,1-2H3,(H,15,16). The number of nitrogens with zero attached hydrogens (tertiary/aromatic N) is 1. The average molecular weight is 295 g/mol. The van der Waals surface area contributed by atoms with Crippen molar-refractivity contribution in [1.82, 2.24) is 4.98 Å². The number of hydrogen-bond donors (Lipinski definition) is 2. The number of halogens is 1. The van der Waals surface area contributed by atoms with E-state index in [1.165, 1.54) is 30.5 Å². The molecule has 1 heterocycles. The van der Waals surface area contributed by atoms with E-state index in [9.17, 15) is 12.8 Å². The summed E-state index contributed by atoms with van der Waals surface area (Å²) < 4.78 is 39.8. The zero-order chi connectivity index (χ0) is 14.8. The fourth-order valence-electron chi connectivity index (χ4n) is 1.61. The van der Waals surface area contributed by atoms with Gasteiger partial charge >= 0.3 is 0 Å². The van der Waals surface area contributed by atoms with Crippen LogP contribution in [0.5, 0.6) is 0 Å². The first-order valence-electron chi connectivity index (χ1n) is 5.85. The van der Waals surface area contributed by atoms with Gasteiger partial charge in [-0.1, -0.05) is 0 Å². The Morgan fingerprint density at radius 2 is 1.95 bits per heavy atom. The van der Waals surface area contributed by atoms with Crippen LogP contribution in [-0.2, 0) is 10.0 Å². The fraction of sp³-hybridized carbons (Fsp3) is 0.154. The van der Waals surface area contributed by atoms with Crippen LogP contribution >= 0.6 is 0 Å². The first-order chi connectivity index (χ1) is 9.42. The third-order valence-corrected chi connectivity index (χ3v) is 4.08. The highest BCUT2D eigenvalue weighted by molar-refractivity contribution is 7.92. The largest absolute Gasteiger partial charge is 0.373 e. The molecule has 0 aliphatic carbocycles. The molecule has 1 aromatic heterocycles. The molecule has 2 rings (SSSR count). The molecule has 7 heteroatoms. The molecule has 106 valence electrons. The predicted molar refractivity (Wildman–Crippen MR) is 75.7 cm³/mol. The van der Waals surface area contributed by atoms with Crippen molar-refractivity contribution in [2.45, 2.75) is 11.8 Å². The van der Waals surface area contributed by atoms with E-state index in [2.05, 4.69) is 15.0 Å². The number of anilines is 2. The van der Waals surface area contributed by atoms with Crippen LogP contribution in [0.1, 0.15) is 5.56 Å². The molecule has 0 radical (unpaired) electrons. The van der Waals surface area contributed by atoms with Gasteiger partial charge in [-0.2, -0.15) is 0 Å². The van der Waals surface area contributed by atoms with E-state index < -0.39 is 10.0 Å². The van der Waals surface area contributed by atoms with Crippen molar-refractivity contribution < 1.29 is 12.8 Å². The zero-order valence-corrected chi connectivity index (χ0v) is 11.8. The molecule has 0 unspecified atom stereocenters. The summed E-state index contributed by atoms with van der Waals surface area (Å²) >= 11 is 0. The van der Waals surface area contributed by atoms with Crippen molar-refractivity contribution in [3.05, 3.63) is 47.9 Å². The van der Waals surface area contributed by atoms with Crippen molar-refractivity contribution in [2.75, 3.05) is 17.1 Å². The Labute approximate surface area is 116 Å². The van der Waals surface area contributed by atoms with E-state index in [0.717, 1.165) is 0 Å². The molecule has 0 amide bonds. The second-order valence-corrected chi connectivity index (χ2v) is 5.88. The maximum atomic E-state index is 13.1. The van der Waals surface area contributed by atoms with E-state index in [1.807, 2.05) is 0 Å². The van der Waals surface area contributed by atoms with E-state index in [-0.39, 0.29) is 10.7 Å². The third kappa shape index (κ3) is 3.05. The minimum atomic E-state index is -3.73. The monoisotopic (exact) mass is 295 g/mol. The second kappa shape index (κ2) is 5.46. The van der Waals surface area contributed by atoms with E-state index in [4.69, 9.17) is 0 Å². The molecule has 0 spiro atoms. The van der Waals surface area contributed by atoms with Gasteiger partial charge in [0.1, 0.15) is 16.5 Å². The molecule has 0 bridgehead atoms. The number of aromatic nitrogens is 1. The molecule has 0 saturated heterocycles. The molecule has 20 heavy (non-hydrogen) atoms. The average Bonchev–Trinajstić information content (AvgIpc) is 2.43. The lowest BCUT2D eigenvalue weighted by Gasteiger charge is -2.09. The van der Waals surface area contributed by atoms with E-state index >= 15 is 0 Å². The minimum absolute atomic E-state index is 0.0403. The molecule has 2 aromatic rings. The maximum absolute atomic E-state index is 13.1. The molecule has 2 N–H and O–H groups in total. The number of hydrogen-bond acceptors (Lipinski definition) is 4. The SMILES string of the molecule is CNc1ccc(S(=O)(=O)Nc2ccc(F)c(C)c2)cn1. The highest BCUT2D eigenvalue weighted by Crippen LogP contribution is 2.18. The molecule has 0 atom stereocenters. The number of rotatable bonds is 4. The molecular formula is C13H14FN3O2S. The second-order valence-electron chi connectivity index (χ2n) is 4.20. The lowest BCUT2D eigenvalue weighted by atomic mass is 10.2. The first-order valence-corrected chi connectivity index (χ1v) is 7.33. The first kappa shape index (κ1) is 14.3. The smallest absolute Gasteiger partial charge is 0.263 e. The van der Waals surface area contributed by atoms with Gasteiger partial charge in [0.05, 0.1) is 0 Å². The summed E-state index contributed by atoms with van der Waals surface area (Å²) in [4.78, 5) is 3.99. The van der Waals surface area contributed by atoms with E-state index in [1.54, 1.807) is 20.0 Å². The van der Waals surface area contributed by atoms with Crippen LogP contribution in [0.15, 0.2) is 41.4 Å². The van der Waals surface area contributed by atoms with Gasteiger partial charge < -0.3 is 5.32 Å². The van der Waals surface area contributed by atoms with Gasteiger partial charge in [0.2, 0.25) is 0 Å². The molecular weight excluding hydrogens is 281 g/mol. The normalized spacial score (nSPS) is 11.2. The molecule has 0 aliphatic heterocycles. The Bertz CT molecular complexity index is 715. The van der Waals surface area contributed by atoms with Crippen LogP contribution in [0.2, 0.25) is 0 Å². The molecule has 0 aliphatic rings. The third-order valence-electron chi connectivity index (χ3n) is 2.71. The molecule has 1 aromatic carbocycles. The van der Waals surface area contributed by atoms with Crippen molar-refractivity contribution in [1.29, 1.82) is 0 Å². The Morgan fingerprint density at radius 3 is 2.50 bits per heavy atom. The summed E-state index contributed by atoms with van der Waals surface area (Å²) in [5.74, 6) is 0.189. The summed E-state index contributed by atoms with van der Waals surface area (Å²) in [6.07, 6.45) is 1.25. The van der Waals surface area contributed by atoms with Gasteiger partial charge in [0, 0.05) is 18.9 Å². The lowest BCUT2D eigenvalue weighted by Crippen LogP contribution is -2.13. The Morgan fingerprint density at radius 1 is 1.20 bits per heavy atom. The van der Waals surface area contributed by atoms with Crippen molar-refractivity contribution in [2.24, 2.45) is 0 Å². The minimum Gasteiger partial charge on any atom is -0.373 e. The zero-order valence-electron chi connectivity index (χ0n) is 11.0. The van der Waals surface area contributed by atoms with Crippen LogP contribution in [0, 0.1) is 12.7 Å². The van der Waals surface area contributed by atoms with Gasteiger partial charge in [-0.3, -0.25) is 4.72 Å². The van der Waals surface area contributed by atoms with Gasteiger partial charge in [-0.25, -0.2) is 17.8 Å². The Hall–Kier alpha value is -2.15. The van der Waals surface area contributed by atoms with Crippen LogP contribution in [0.4, 0.5) is 15.9 Å². The quantitative estimate of drug-likeness (QED) is 0.908. The highest BCUT2D eigenvalue weighted by Gasteiger charge is 2.15. The van der Waals surface area contributed by atoms with Crippen LogP contribution in [0.3, 0.4) is 0 Å². The van der Waals surface area contributed by atoms with Crippen molar-refractivity contribution >= 4 is 21.5 Å². The van der Waals surface area contributed by atoms with Crippen LogP contribution in [0.25, 0.3) is 0 Å². The number of benzene rings is 1. The topological polar surface area (TPSA) is 71.1 Å². The van der Waals surface area contributed by atoms with Crippen LogP contribution in [-0.4, -0.2) is 20.4 Å². The number of sulfonamides is 1.